The summed E-state index contributed by atoms with van der Waals surface area (Å²) in [5.41, 5.74) is 0.916. The van der Waals surface area contributed by atoms with Gasteiger partial charge in [-0.1, -0.05) is 18.5 Å². The van der Waals surface area contributed by atoms with E-state index in [0.29, 0.717) is 11.7 Å². The first-order valence-corrected chi connectivity index (χ1v) is 11.0. The molecule has 1 aromatic carbocycles. The van der Waals surface area contributed by atoms with Crippen LogP contribution in [0.5, 0.6) is 5.75 Å². The number of nitrogens with one attached hydrogen (secondary N) is 2. The van der Waals surface area contributed by atoms with Gasteiger partial charge in [0.15, 0.2) is 5.96 Å². The third-order valence-corrected chi connectivity index (χ3v) is 5.06. The second kappa shape index (κ2) is 12.4. The van der Waals surface area contributed by atoms with E-state index in [2.05, 4.69) is 47.5 Å². The number of methoxy groups -OCH3 is 1. The Morgan fingerprint density at radius 2 is 1.94 bits per heavy atom. The topological polar surface area (TPSA) is 115 Å². The number of aromatic nitrogens is 5. The molecule has 0 aliphatic carbocycles. The number of aryl methyl sites for hydroxylation is 2. The van der Waals surface area contributed by atoms with Gasteiger partial charge in [0.2, 0.25) is 11.7 Å². The van der Waals surface area contributed by atoms with Gasteiger partial charge in [0, 0.05) is 45.1 Å². The summed E-state index contributed by atoms with van der Waals surface area (Å²) in [6, 6.07) is 7.63. The molecule has 0 radical (unpaired) electrons. The molecule has 0 spiro atoms. The Balaban J connectivity index is 1.29. The van der Waals surface area contributed by atoms with Gasteiger partial charge in [0.25, 0.3) is 0 Å². The Morgan fingerprint density at radius 3 is 2.69 bits per heavy atom. The van der Waals surface area contributed by atoms with E-state index in [1.54, 1.807) is 20.5 Å². The smallest absolute Gasteiger partial charge is 0.226 e. The zero-order chi connectivity index (χ0) is 22.6. The summed E-state index contributed by atoms with van der Waals surface area (Å²) in [5, 5.41) is 18.8. The zero-order valence-corrected chi connectivity index (χ0v) is 19.0. The van der Waals surface area contributed by atoms with Crippen molar-refractivity contribution in [1.29, 1.82) is 0 Å². The number of aliphatic imine (C=N–C) groups is 1. The van der Waals surface area contributed by atoms with Crippen LogP contribution in [0.25, 0.3) is 11.4 Å². The predicted molar refractivity (Wildman–Crippen MR) is 123 cm³/mol. The number of unbranched alkanes of at least 4 members (excludes halogenated alkanes) is 2. The number of benzene rings is 1. The fourth-order valence-corrected chi connectivity index (χ4v) is 3.25. The molecular formula is C22H32N8O2. The standard InChI is InChI=1S/C22H32N8O2/c1-4-19-28-26-16-30(19)15-14-25-22(23-2)24-13-7-5-6-8-20-27-21(29-32-20)17-9-11-18(31-3)12-10-17/h9-12,16H,4-8,13-15H2,1-3H3,(H2,23,24,25). The molecule has 0 saturated heterocycles. The Bertz CT molecular complexity index is 964. The van der Waals surface area contributed by atoms with Crippen LogP contribution in [0.1, 0.15) is 37.9 Å². The molecule has 0 bridgehead atoms. The van der Waals surface area contributed by atoms with Crippen LogP contribution < -0.4 is 15.4 Å². The Kier molecular flexibility index (Phi) is 9.03. The lowest BCUT2D eigenvalue weighted by molar-refractivity contribution is 0.374. The predicted octanol–water partition coefficient (Wildman–Crippen LogP) is 2.48. The lowest BCUT2D eigenvalue weighted by Crippen LogP contribution is -2.39. The minimum atomic E-state index is 0.608. The van der Waals surface area contributed by atoms with Crippen molar-refractivity contribution in [2.24, 2.45) is 4.99 Å². The van der Waals surface area contributed by atoms with E-state index in [1.165, 1.54) is 0 Å². The van der Waals surface area contributed by atoms with E-state index in [1.807, 2.05) is 24.3 Å². The highest BCUT2D eigenvalue weighted by atomic mass is 16.5. The van der Waals surface area contributed by atoms with Crippen molar-refractivity contribution in [1.82, 2.24) is 35.5 Å². The molecule has 3 rings (SSSR count). The molecule has 0 unspecified atom stereocenters. The maximum atomic E-state index is 5.38. The quantitative estimate of drug-likeness (QED) is 0.251. The average molecular weight is 441 g/mol. The zero-order valence-electron chi connectivity index (χ0n) is 19.0. The SMILES string of the molecule is CCc1nncn1CCNC(=NC)NCCCCCc1nc(-c2ccc(OC)cc2)no1. The lowest BCUT2D eigenvalue weighted by Gasteiger charge is -2.12. The molecule has 3 aromatic rings. The summed E-state index contributed by atoms with van der Waals surface area (Å²) in [5.74, 6) is 3.88. The molecule has 2 N–H and O–H groups in total. The Labute approximate surface area is 188 Å². The van der Waals surface area contributed by atoms with Crippen LogP contribution in [0.4, 0.5) is 0 Å². The van der Waals surface area contributed by atoms with Crippen molar-refractivity contribution >= 4 is 5.96 Å². The van der Waals surface area contributed by atoms with E-state index in [-0.39, 0.29) is 0 Å². The largest absolute Gasteiger partial charge is 0.497 e. The maximum Gasteiger partial charge on any atom is 0.226 e. The van der Waals surface area contributed by atoms with Gasteiger partial charge in [-0.15, -0.1) is 10.2 Å². The van der Waals surface area contributed by atoms with E-state index < -0.39 is 0 Å². The van der Waals surface area contributed by atoms with E-state index in [4.69, 9.17) is 9.26 Å². The van der Waals surface area contributed by atoms with Gasteiger partial charge in [0.05, 0.1) is 7.11 Å². The van der Waals surface area contributed by atoms with Gasteiger partial charge >= 0.3 is 0 Å². The molecule has 2 aromatic heterocycles. The molecule has 0 atom stereocenters. The molecule has 0 fully saturated rings. The molecule has 10 heteroatoms. The highest BCUT2D eigenvalue weighted by Gasteiger charge is 2.08. The average Bonchev–Trinajstić information content (AvgIpc) is 3.49. The first kappa shape index (κ1) is 23.2. The summed E-state index contributed by atoms with van der Waals surface area (Å²) < 4.78 is 12.6. The minimum absolute atomic E-state index is 0.608. The van der Waals surface area contributed by atoms with Gasteiger partial charge in [0.1, 0.15) is 17.9 Å². The van der Waals surface area contributed by atoms with Gasteiger partial charge in [-0.25, -0.2) is 0 Å². The third kappa shape index (κ3) is 6.79. The fourth-order valence-electron chi connectivity index (χ4n) is 3.25. The molecule has 0 amide bonds. The third-order valence-electron chi connectivity index (χ3n) is 5.06. The second-order valence-corrected chi connectivity index (χ2v) is 7.27. The van der Waals surface area contributed by atoms with Crippen molar-refractivity contribution in [2.45, 2.75) is 45.6 Å². The van der Waals surface area contributed by atoms with Crippen LogP contribution in [0, 0.1) is 0 Å². The summed E-state index contributed by atoms with van der Waals surface area (Å²) in [4.78, 5) is 8.76. The summed E-state index contributed by atoms with van der Waals surface area (Å²) >= 11 is 0. The van der Waals surface area contributed by atoms with Crippen molar-refractivity contribution in [3.05, 3.63) is 42.3 Å². The van der Waals surface area contributed by atoms with Crippen molar-refractivity contribution in [2.75, 3.05) is 27.2 Å². The van der Waals surface area contributed by atoms with E-state index >= 15 is 0 Å². The van der Waals surface area contributed by atoms with Gasteiger partial charge < -0.3 is 24.5 Å². The molecule has 32 heavy (non-hydrogen) atoms. The fraction of sp³-hybridized carbons (Fsp3) is 0.500. The van der Waals surface area contributed by atoms with E-state index in [0.717, 1.165) is 74.8 Å². The van der Waals surface area contributed by atoms with Crippen molar-refractivity contribution in [3.8, 4) is 17.1 Å². The summed E-state index contributed by atoms with van der Waals surface area (Å²) in [7, 11) is 3.42. The number of rotatable bonds is 12. The summed E-state index contributed by atoms with van der Waals surface area (Å²) in [6.07, 6.45) is 6.50. The van der Waals surface area contributed by atoms with Gasteiger partial charge in [-0.05, 0) is 37.1 Å². The van der Waals surface area contributed by atoms with E-state index in [9.17, 15) is 0 Å². The first-order valence-electron chi connectivity index (χ1n) is 11.0. The van der Waals surface area contributed by atoms with Crippen LogP contribution in [0.15, 0.2) is 40.1 Å². The van der Waals surface area contributed by atoms with Crippen LogP contribution in [0.2, 0.25) is 0 Å². The Hall–Kier alpha value is -3.43. The number of nitrogens with zero attached hydrogens (tertiary/aromatic N) is 6. The van der Waals surface area contributed by atoms with Crippen molar-refractivity contribution in [3.63, 3.8) is 0 Å². The van der Waals surface area contributed by atoms with Crippen LogP contribution in [-0.2, 0) is 19.4 Å². The second-order valence-electron chi connectivity index (χ2n) is 7.27. The summed E-state index contributed by atoms with van der Waals surface area (Å²) in [6.45, 7) is 4.50. The minimum Gasteiger partial charge on any atom is -0.497 e. The molecule has 2 heterocycles. The molecule has 172 valence electrons. The van der Waals surface area contributed by atoms with Gasteiger partial charge in [-0.3, -0.25) is 4.99 Å². The number of hydrogen-bond acceptors (Lipinski definition) is 7. The first-order chi connectivity index (χ1) is 15.7. The Morgan fingerprint density at radius 1 is 1.12 bits per heavy atom. The maximum absolute atomic E-state index is 5.38. The van der Waals surface area contributed by atoms with Crippen molar-refractivity contribution < 1.29 is 9.26 Å². The van der Waals surface area contributed by atoms with Crippen LogP contribution >= 0.6 is 0 Å². The number of ether oxygens (including phenoxy) is 1. The highest BCUT2D eigenvalue weighted by molar-refractivity contribution is 5.79. The molecule has 0 saturated carbocycles. The normalized spacial score (nSPS) is 11.5. The molecular weight excluding hydrogens is 408 g/mol. The van der Waals surface area contributed by atoms with Crippen LogP contribution in [-0.4, -0.2) is 58.1 Å². The monoisotopic (exact) mass is 440 g/mol. The number of guanidine groups is 1. The van der Waals surface area contributed by atoms with Gasteiger partial charge in [-0.2, -0.15) is 4.98 Å². The highest BCUT2D eigenvalue weighted by Crippen LogP contribution is 2.20. The molecule has 10 nitrogen and oxygen atoms in total. The molecule has 0 aliphatic heterocycles. The van der Waals surface area contributed by atoms with Crippen LogP contribution in [0.3, 0.4) is 0 Å². The molecule has 0 aliphatic rings. The number of hydrogen-bond donors (Lipinski definition) is 2. The lowest BCUT2D eigenvalue weighted by atomic mass is 10.2.